The van der Waals surface area contributed by atoms with Gasteiger partial charge in [-0.1, -0.05) is 18.2 Å². The van der Waals surface area contributed by atoms with Gasteiger partial charge in [-0.05, 0) is 49.2 Å². The van der Waals surface area contributed by atoms with Crippen LogP contribution in [-0.2, 0) is 4.79 Å². The number of esters is 1. The highest BCUT2D eigenvalue weighted by Gasteiger charge is 2.09. The normalized spacial score (nSPS) is 10.2. The molecule has 0 aliphatic carbocycles. The van der Waals surface area contributed by atoms with Gasteiger partial charge in [0.2, 0.25) is 0 Å². The minimum atomic E-state index is -0.528. The average molecular weight is 274 g/mol. The summed E-state index contributed by atoms with van der Waals surface area (Å²) in [5.74, 6) is 0.0703. The van der Waals surface area contributed by atoms with Gasteiger partial charge in [-0.2, -0.15) is 0 Å². The van der Waals surface area contributed by atoms with Crippen molar-refractivity contribution in [1.82, 2.24) is 0 Å². The van der Waals surface area contributed by atoms with E-state index in [1.165, 1.54) is 24.3 Å². The molecule has 2 aromatic rings. The summed E-state index contributed by atoms with van der Waals surface area (Å²) in [6, 6.07) is 11.0. The number of hydrogen-bond donors (Lipinski definition) is 0. The van der Waals surface area contributed by atoms with Crippen LogP contribution in [-0.4, -0.2) is 12.6 Å². The minimum absolute atomic E-state index is 0.191. The smallest absolute Gasteiger partial charge is 0.349 e. The molecule has 0 fully saturated rings. The molecule has 0 aliphatic rings. The third-order valence-corrected chi connectivity index (χ3v) is 2.79. The van der Waals surface area contributed by atoms with Crippen LogP contribution in [0.2, 0.25) is 0 Å². The van der Waals surface area contributed by atoms with Crippen molar-refractivity contribution in [2.75, 3.05) is 6.61 Å². The Bertz CT molecular complexity index is 585. The lowest BCUT2D eigenvalue weighted by Gasteiger charge is -2.11. The van der Waals surface area contributed by atoms with Gasteiger partial charge >= 0.3 is 5.97 Å². The van der Waals surface area contributed by atoms with Crippen molar-refractivity contribution in [1.29, 1.82) is 0 Å². The molecule has 0 unspecified atom stereocenters. The van der Waals surface area contributed by atoms with Gasteiger partial charge in [0, 0.05) is 0 Å². The van der Waals surface area contributed by atoms with E-state index in [4.69, 9.17) is 9.47 Å². The number of benzene rings is 2. The molecule has 0 aromatic heterocycles. The summed E-state index contributed by atoms with van der Waals surface area (Å²) in [5.41, 5.74) is 1.92. The van der Waals surface area contributed by atoms with E-state index < -0.39 is 5.97 Å². The maximum atomic E-state index is 12.7. The number of carbonyl (C=O) groups is 1. The summed E-state index contributed by atoms with van der Waals surface area (Å²) < 4.78 is 23.2. The van der Waals surface area contributed by atoms with E-state index in [2.05, 4.69) is 0 Å². The molecular formula is C16H15FO3. The van der Waals surface area contributed by atoms with Crippen molar-refractivity contribution < 1.29 is 18.7 Å². The van der Waals surface area contributed by atoms with Crippen LogP contribution in [0.4, 0.5) is 4.39 Å². The van der Waals surface area contributed by atoms with Gasteiger partial charge in [-0.3, -0.25) is 0 Å². The van der Waals surface area contributed by atoms with Crippen molar-refractivity contribution in [2.24, 2.45) is 0 Å². The van der Waals surface area contributed by atoms with Crippen molar-refractivity contribution in [3.05, 3.63) is 59.4 Å². The van der Waals surface area contributed by atoms with E-state index in [0.29, 0.717) is 11.5 Å². The van der Waals surface area contributed by atoms with Crippen molar-refractivity contribution in [3.63, 3.8) is 0 Å². The van der Waals surface area contributed by atoms with Crippen LogP contribution in [0.25, 0.3) is 0 Å². The topological polar surface area (TPSA) is 35.5 Å². The highest BCUT2D eigenvalue weighted by atomic mass is 19.1. The molecule has 2 rings (SSSR count). The average Bonchev–Trinajstić information content (AvgIpc) is 2.41. The van der Waals surface area contributed by atoms with E-state index in [1.54, 1.807) is 0 Å². The second kappa shape index (κ2) is 6.19. The molecule has 2 aromatic carbocycles. The molecule has 3 nitrogen and oxygen atoms in total. The van der Waals surface area contributed by atoms with E-state index in [1.807, 2.05) is 32.0 Å². The standard InChI is InChI=1S/C16H15FO3/c1-11-4-3-5-12(2)16(11)19-10-15(18)20-14-8-6-13(17)7-9-14/h3-9H,10H2,1-2H3. The molecule has 0 bridgehead atoms. The molecule has 0 N–H and O–H groups in total. The van der Waals surface area contributed by atoms with Gasteiger partial charge in [0.25, 0.3) is 0 Å². The van der Waals surface area contributed by atoms with Crippen LogP contribution in [0.1, 0.15) is 11.1 Å². The number of para-hydroxylation sites is 1. The van der Waals surface area contributed by atoms with E-state index >= 15 is 0 Å². The first kappa shape index (κ1) is 14.1. The zero-order valence-electron chi connectivity index (χ0n) is 11.4. The fourth-order valence-corrected chi connectivity index (χ4v) is 1.82. The predicted octanol–water partition coefficient (Wildman–Crippen LogP) is 3.43. The quantitative estimate of drug-likeness (QED) is 0.633. The molecule has 0 spiro atoms. The van der Waals surface area contributed by atoms with Crippen LogP contribution in [0.5, 0.6) is 11.5 Å². The van der Waals surface area contributed by atoms with Gasteiger partial charge in [-0.15, -0.1) is 0 Å². The molecule has 0 saturated carbocycles. The maximum Gasteiger partial charge on any atom is 0.349 e. The third kappa shape index (κ3) is 3.57. The van der Waals surface area contributed by atoms with Gasteiger partial charge in [-0.25, -0.2) is 9.18 Å². The first-order valence-corrected chi connectivity index (χ1v) is 6.21. The van der Waals surface area contributed by atoms with Crippen molar-refractivity contribution in [3.8, 4) is 11.5 Å². The number of hydrogen-bond acceptors (Lipinski definition) is 3. The highest BCUT2D eigenvalue weighted by molar-refractivity contribution is 5.74. The van der Waals surface area contributed by atoms with Gasteiger partial charge in [0.1, 0.15) is 17.3 Å². The summed E-state index contributed by atoms with van der Waals surface area (Å²) in [6.07, 6.45) is 0. The Kier molecular flexibility index (Phi) is 4.35. The zero-order chi connectivity index (χ0) is 14.5. The summed E-state index contributed by atoms with van der Waals surface area (Å²) in [5, 5.41) is 0. The lowest BCUT2D eigenvalue weighted by molar-refractivity contribution is -0.136. The molecular weight excluding hydrogens is 259 g/mol. The molecule has 20 heavy (non-hydrogen) atoms. The number of carbonyl (C=O) groups excluding carboxylic acids is 1. The van der Waals surface area contributed by atoms with E-state index in [-0.39, 0.29) is 12.4 Å². The summed E-state index contributed by atoms with van der Waals surface area (Å²) in [6.45, 7) is 3.63. The third-order valence-electron chi connectivity index (χ3n) is 2.79. The fraction of sp³-hybridized carbons (Fsp3) is 0.188. The van der Waals surface area contributed by atoms with E-state index in [9.17, 15) is 9.18 Å². The van der Waals surface area contributed by atoms with Crippen molar-refractivity contribution >= 4 is 5.97 Å². The number of rotatable bonds is 4. The summed E-state index contributed by atoms with van der Waals surface area (Å²) in [7, 11) is 0. The SMILES string of the molecule is Cc1cccc(C)c1OCC(=O)Oc1ccc(F)cc1. The lowest BCUT2D eigenvalue weighted by atomic mass is 10.1. The van der Waals surface area contributed by atoms with Gasteiger partial charge < -0.3 is 9.47 Å². The van der Waals surface area contributed by atoms with Crippen LogP contribution in [0.15, 0.2) is 42.5 Å². The van der Waals surface area contributed by atoms with Crippen LogP contribution in [0, 0.1) is 19.7 Å². The minimum Gasteiger partial charge on any atom is -0.481 e. The first-order chi connectivity index (χ1) is 9.56. The number of halogens is 1. The second-order valence-corrected chi connectivity index (χ2v) is 4.44. The lowest BCUT2D eigenvalue weighted by Crippen LogP contribution is -2.18. The Balaban J connectivity index is 1.94. The Hall–Kier alpha value is -2.36. The number of aryl methyl sites for hydroxylation is 2. The largest absolute Gasteiger partial charge is 0.481 e. The van der Waals surface area contributed by atoms with Crippen LogP contribution < -0.4 is 9.47 Å². The Labute approximate surface area is 117 Å². The zero-order valence-corrected chi connectivity index (χ0v) is 11.4. The van der Waals surface area contributed by atoms with Crippen molar-refractivity contribution in [2.45, 2.75) is 13.8 Å². The molecule has 4 heteroatoms. The number of ether oxygens (including phenoxy) is 2. The molecule has 104 valence electrons. The van der Waals surface area contributed by atoms with Gasteiger partial charge in [0.05, 0.1) is 0 Å². The molecule has 0 aliphatic heterocycles. The molecule has 0 radical (unpaired) electrons. The molecule has 0 amide bonds. The van der Waals surface area contributed by atoms with Crippen LogP contribution in [0.3, 0.4) is 0 Å². The predicted molar refractivity (Wildman–Crippen MR) is 73.4 cm³/mol. The van der Waals surface area contributed by atoms with Gasteiger partial charge in [0.15, 0.2) is 6.61 Å². The molecule has 0 saturated heterocycles. The maximum absolute atomic E-state index is 12.7. The Morgan fingerprint density at radius 1 is 1.05 bits per heavy atom. The molecule has 0 atom stereocenters. The van der Waals surface area contributed by atoms with Crippen LogP contribution >= 0.6 is 0 Å². The Morgan fingerprint density at radius 2 is 1.65 bits per heavy atom. The first-order valence-electron chi connectivity index (χ1n) is 6.21. The monoisotopic (exact) mass is 274 g/mol. The Morgan fingerprint density at radius 3 is 2.25 bits per heavy atom. The second-order valence-electron chi connectivity index (χ2n) is 4.44. The highest BCUT2D eigenvalue weighted by Crippen LogP contribution is 2.22. The fourth-order valence-electron chi connectivity index (χ4n) is 1.82. The summed E-state index contributed by atoms with van der Waals surface area (Å²) >= 11 is 0. The summed E-state index contributed by atoms with van der Waals surface area (Å²) in [4.78, 5) is 11.7. The molecule has 0 heterocycles. The van der Waals surface area contributed by atoms with E-state index in [0.717, 1.165) is 11.1 Å².